The van der Waals surface area contributed by atoms with Crippen LogP contribution in [0.25, 0.3) is 10.1 Å². The molecule has 56 valence electrons. The van der Waals surface area contributed by atoms with Crippen LogP contribution in [0.5, 0.6) is 0 Å². The van der Waals surface area contributed by atoms with Gasteiger partial charge in [-0.3, -0.25) is 0 Å². The van der Waals surface area contributed by atoms with Crippen molar-refractivity contribution in [1.82, 2.24) is 0 Å². The van der Waals surface area contributed by atoms with Gasteiger partial charge >= 0.3 is 0 Å². The zero-order valence-electron chi connectivity index (χ0n) is 5.95. The van der Waals surface area contributed by atoms with E-state index in [1.165, 1.54) is 15.6 Å². The second-order valence-corrected chi connectivity index (χ2v) is 3.65. The van der Waals surface area contributed by atoms with Gasteiger partial charge in [0.1, 0.15) is 0 Å². The molecule has 0 nitrogen and oxygen atoms in total. The third kappa shape index (κ3) is 1.17. The summed E-state index contributed by atoms with van der Waals surface area (Å²) in [7, 11) is 0. The standard InChI is InChI=1S/C9H8S2/c10-6-8-3-1-2-7-4-5-11-9(7)8/h1-5,10H,6H2. The molecule has 0 fully saturated rings. The highest BCUT2D eigenvalue weighted by atomic mass is 32.1. The zero-order valence-corrected chi connectivity index (χ0v) is 7.66. The van der Waals surface area contributed by atoms with Crippen LogP contribution < -0.4 is 0 Å². The van der Waals surface area contributed by atoms with Crippen molar-refractivity contribution in [2.45, 2.75) is 5.75 Å². The van der Waals surface area contributed by atoms with Crippen LogP contribution in [0, 0.1) is 0 Å². The van der Waals surface area contributed by atoms with Crippen molar-refractivity contribution in [3.63, 3.8) is 0 Å². The Hall–Kier alpha value is -0.470. The van der Waals surface area contributed by atoms with Crippen molar-refractivity contribution in [3.8, 4) is 0 Å². The Morgan fingerprint density at radius 1 is 1.27 bits per heavy atom. The van der Waals surface area contributed by atoms with E-state index in [0.29, 0.717) is 0 Å². The van der Waals surface area contributed by atoms with Crippen molar-refractivity contribution in [2.24, 2.45) is 0 Å². The molecule has 0 saturated carbocycles. The first-order valence-corrected chi connectivity index (χ1v) is 4.99. The molecule has 0 unspecified atom stereocenters. The van der Waals surface area contributed by atoms with Gasteiger partial charge in [-0.2, -0.15) is 12.6 Å². The molecule has 1 aromatic carbocycles. The molecule has 0 spiro atoms. The van der Waals surface area contributed by atoms with Gasteiger partial charge in [0.15, 0.2) is 0 Å². The fourth-order valence-corrected chi connectivity index (χ4v) is 2.46. The van der Waals surface area contributed by atoms with E-state index in [9.17, 15) is 0 Å². The summed E-state index contributed by atoms with van der Waals surface area (Å²) in [6, 6.07) is 8.50. The lowest BCUT2D eigenvalue weighted by atomic mass is 10.2. The predicted octanol–water partition coefficient (Wildman–Crippen LogP) is 3.33. The summed E-state index contributed by atoms with van der Waals surface area (Å²) in [6.45, 7) is 0. The molecule has 0 N–H and O–H groups in total. The zero-order chi connectivity index (χ0) is 7.68. The Balaban J connectivity index is 2.79. The summed E-state index contributed by atoms with van der Waals surface area (Å²) >= 11 is 6.06. The second kappa shape index (κ2) is 2.88. The molecule has 11 heavy (non-hydrogen) atoms. The molecule has 0 radical (unpaired) electrons. The number of rotatable bonds is 1. The average molecular weight is 180 g/mol. The molecule has 0 saturated heterocycles. The van der Waals surface area contributed by atoms with Crippen LogP contribution in [0.1, 0.15) is 5.56 Å². The van der Waals surface area contributed by atoms with Gasteiger partial charge in [0.25, 0.3) is 0 Å². The van der Waals surface area contributed by atoms with Gasteiger partial charge in [0.2, 0.25) is 0 Å². The van der Waals surface area contributed by atoms with E-state index in [1.807, 2.05) is 0 Å². The number of benzene rings is 1. The Bertz CT molecular complexity index is 362. The number of thiol groups is 1. The normalized spacial score (nSPS) is 10.6. The lowest BCUT2D eigenvalue weighted by Gasteiger charge is -1.95. The van der Waals surface area contributed by atoms with E-state index in [2.05, 4.69) is 42.3 Å². The number of fused-ring (bicyclic) bond motifs is 1. The Kier molecular flexibility index (Phi) is 1.88. The van der Waals surface area contributed by atoms with Gasteiger partial charge in [-0.25, -0.2) is 0 Å². The van der Waals surface area contributed by atoms with E-state index in [4.69, 9.17) is 0 Å². The lowest BCUT2D eigenvalue weighted by Crippen LogP contribution is -1.74. The number of hydrogen-bond acceptors (Lipinski definition) is 2. The van der Waals surface area contributed by atoms with Crippen LogP contribution in [-0.2, 0) is 5.75 Å². The van der Waals surface area contributed by atoms with Crippen molar-refractivity contribution in [2.75, 3.05) is 0 Å². The SMILES string of the molecule is SCc1cccc2ccsc12. The minimum atomic E-state index is 0.831. The van der Waals surface area contributed by atoms with Crippen molar-refractivity contribution in [3.05, 3.63) is 35.2 Å². The van der Waals surface area contributed by atoms with Gasteiger partial charge < -0.3 is 0 Å². The minimum Gasteiger partial charge on any atom is -0.174 e. The third-order valence-electron chi connectivity index (χ3n) is 1.73. The highest BCUT2D eigenvalue weighted by molar-refractivity contribution is 7.79. The molecule has 2 heteroatoms. The molecule has 0 amide bonds. The van der Waals surface area contributed by atoms with Crippen LogP contribution >= 0.6 is 24.0 Å². The summed E-state index contributed by atoms with van der Waals surface area (Å²) in [5.41, 5.74) is 1.33. The maximum atomic E-state index is 4.27. The van der Waals surface area contributed by atoms with Crippen LogP contribution in [0.2, 0.25) is 0 Å². The van der Waals surface area contributed by atoms with Crippen LogP contribution in [-0.4, -0.2) is 0 Å². The highest BCUT2D eigenvalue weighted by Crippen LogP contribution is 2.25. The third-order valence-corrected chi connectivity index (χ3v) is 3.08. The van der Waals surface area contributed by atoms with Crippen molar-refractivity contribution in [1.29, 1.82) is 0 Å². The number of hydrogen-bond donors (Lipinski definition) is 1. The minimum absolute atomic E-state index is 0.831. The molecule has 0 bridgehead atoms. The topological polar surface area (TPSA) is 0 Å². The quantitative estimate of drug-likeness (QED) is 0.639. The molecular formula is C9H8S2. The largest absolute Gasteiger partial charge is 0.174 e. The second-order valence-electron chi connectivity index (χ2n) is 2.41. The summed E-state index contributed by atoms with van der Waals surface area (Å²) < 4.78 is 1.38. The maximum absolute atomic E-state index is 4.27. The molecule has 2 aromatic rings. The molecule has 0 atom stereocenters. The van der Waals surface area contributed by atoms with Crippen LogP contribution in [0.15, 0.2) is 29.6 Å². The monoisotopic (exact) mass is 180 g/mol. The van der Waals surface area contributed by atoms with Gasteiger partial charge in [-0.1, -0.05) is 18.2 Å². The van der Waals surface area contributed by atoms with Gasteiger partial charge in [0.05, 0.1) is 0 Å². The van der Waals surface area contributed by atoms with E-state index in [-0.39, 0.29) is 0 Å². The fraction of sp³-hybridized carbons (Fsp3) is 0.111. The number of thiophene rings is 1. The van der Waals surface area contributed by atoms with Gasteiger partial charge in [-0.15, -0.1) is 11.3 Å². The first-order chi connectivity index (χ1) is 5.42. The summed E-state index contributed by atoms with van der Waals surface area (Å²) in [6.07, 6.45) is 0. The summed E-state index contributed by atoms with van der Waals surface area (Å²) in [5, 5.41) is 3.46. The Morgan fingerprint density at radius 3 is 3.00 bits per heavy atom. The molecule has 1 heterocycles. The molecule has 2 rings (SSSR count). The molecule has 0 aliphatic carbocycles. The van der Waals surface area contributed by atoms with Crippen molar-refractivity contribution >= 4 is 34.1 Å². The van der Waals surface area contributed by atoms with E-state index in [1.54, 1.807) is 11.3 Å². The van der Waals surface area contributed by atoms with Crippen LogP contribution in [0.3, 0.4) is 0 Å². The lowest BCUT2D eigenvalue weighted by molar-refractivity contribution is 1.50. The summed E-state index contributed by atoms with van der Waals surface area (Å²) in [4.78, 5) is 0. The van der Waals surface area contributed by atoms with Gasteiger partial charge in [-0.05, 0) is 22.4 Å². The highest BCUT2D eigenvalue weighted by Gasteiger charge is 1.98. The van der Waals surface area contributed by atoms with Crippen LogP contribution in [0.4, 0.5) is 0 Å². The molecule has 1 aromatic heterocycles. The fourth-order valence-electron chi connectivity index (χ4n) is 1.18. The molecular weight excluding hydrogens is 172 g/mol. The van der Waals surface area contributed by atoms with Gasteiger partial charge in [0, 0.05) is 10.5 Å². The first kappa shape index (κ1) is 7.19. The smallest absolute Gasteiger partial charge is 0.0383 e. The van der Waals surface area contributed by atoms with E-state index in [0.717, 1.165) is 5.75 Å². The predicted molar refractivity (Wildman–Crippen MR) is 54.5 cm³/mol. The van der Waals surface area contributed by atoms with Crippen molar-refractivity contribution < 1.29 is 0 Å². The van der Waals surface area contributed by atoms with E-state index < -0.39 is 0 Å². The maximum Gasteiger partial charge on any atom is 0.0383 e. The molecule has 0 aliphatic rings. The Morgan fingerprint density at radius 2 is 2.18 bits per heavy atom. The average Bonchev–Trinajstić information content (AvgIpc) is 2.50. The van der Waals surface area contributed by atoms with E-state index >= 15 is 0 Å². The summed E-state index contributed by atoms with van der Waals surface area (Å²) in [5.74, 6) is 0.831. The Labute approximate surface area is 75.3 Å². The molecule has 0 aliphatic heterocycles. The first-order valence-electron chi connectivity index (χ1n) is 3.48.